The van der Waals surface area contributed by atoms with Crippen molar-refractivity contribution in [1.29, 1.82) is 0 Å². The number of hydrogen-bond acceptors (Lipinski definition) is 5. The molecule has 174 valence electrons. The highest BCUT2D eigenvalue weighted by atomic mass is 35.5. The van der Waals surface area contributed by atoms with Crippen molar-refractivity contribution in [2.45, 2.75) is 20.8 Å². The molecule has 0 aliphatic carbocycles. The smallest absolute Gasteiger partial charge is 0.257 e. The fraction of sp³-hybridized carbons (Fsp3) is 0.200. The van der Waals surface area contributed by atoms with Gasteiger partial charge in [-0.3, -0.25) is 10.1 Å². The standard InChI is InChI=1S/C25H25ClN6OS/c1-4-31(5-2)19-9-11-20(12-10-19)32-29-22-13-16(3)21(15-23(22)30-32)27-25(34)28-24(33)17-7-6-8-18(26)14-17/h6-15H,4-5H2,1-3H3,(H2,27,28,33,34). The van der Waals surface area contributed by atoms with Crippen LogP contribution in [-0.4, -0.2) is 39.1 Å². The molecule has 1 aromatic heterocycles. The van der Waals surface area contributed by atoms with Crippen LogP contribution in [0.2, 0.25) is 5.02 Å². The molecule has 0 saturated heterocycles. The number of nitrogens with zero attached hydrogens (tertiary/aromatic N) is 4. The minimum absolute atomic E-state index is 0.187. The van der Waals surface area contributed by atoms with Gasteiger partial charge in [-0.1, -0.05) is 17.7 Å². The van der Waals surface area contributed by atoms with Crippen LogP contribution in [0, 0.1) is 6.92 Å². The molecule has 7 nitrogen and oxygen atoms in total. The molecule has 1 amide bonds. The first-order chi connectivity index (χ1) is 16.4. The summed E-state index contributed by atoms with van der Waals surface area (Å²) in [7, 11) is 0. The number of benzene rings is 3. The van der Waals surface area contributed by atoms with Gasteiger partial charge in [-0.25, -0.2) is 0 Å². The van der Waals surface area contributed by atoms with Crippen molar-refractivity contribution in [2.75, 3.05) is 23.3 Å². The fourth-order valence-electron chi connectivity index (χ4n) is 3.66. The van der Waals surface area contributed by atoms with Gasteiger partial charge < -0.3 is 10.2 Å². The largest absolute Gasteiger partial charge is 0.372 e. The van der Waals surface area contributed by atoms with E-state index in [0.717, 1.165) is 35.5 Å². The Morgan fingerprint density at radius 3 is 2.35 bits per heavy atom. The van der Waals surface area contributed by atoms with Crippen LogP contribution < -0.4 is 15.5 Å². The van der Waals surface area contributed by atoms with Crippen molar-refractivity contribution in [3.63, 3.8) is 0 Å². The average Bonchev–Trinajstić information content (AvgIpc) is 3.23. The minimum atomic E-state index is -0.335. The summed E-state index contributed by atoms with van der Waals surface area (Å²) in [6.07, 6.45) is 0. The van der Waals surface area contributed by atoms with Crippen molar-refractivity contribution in [3.05, 3.63) is 76.8 Å². The second kappa shape index (κ2) is 10.2. The summed E-state index contributed by atoms with van der Waals surface area (Å²) in [6, 6.07) is 18.7. The van der Waals surface area contributed by atoms with Crippen LogP contribution in [0.1, 0.15) is 29.8 Å². The lowest BCUT2D eigenvalue weighted by atomic mass is 10.2. The van der Waals surface area contributed by atoms with E-state index >= 15 is 0 Å². The zero-order valence-electron chi connectivity index (χ0n) is 19.2. The number of fused-ring (bicyclic) bond motifs is 1. The van der Waals surface area contributed by atoms with Crippen molar-refractivity contribution in [2.24, 2.45) is 0 Å². The first kappa shape index (κ1) is 23.7. The number of aromatic nitrogens is 3. The molecule has 0 aliphatic rings. The first-order valence-electron chi connectivity index (χ1n) is 11.0. The number of amides is 1. The Morgan fingerprint density at radius 2 is 1.71 bits per heavy atom. The van der Waals surface area contributed by atoms with E-state index in [1.165, 1.54) is 5.69 Å². The van der Waals surface area contributed by atoms with E-state index in [1.54, 1.807) is 29.1 Å². The summed E-state index contributed by atoms with van der Waals surface area (Å²) in [5.41, 5.74) is 5.63. The highest BCUT2D eigenvalue weighted by molar-refractivity contribution is 7.80. The Bertz CT molecular complexity index is 1350. The van der Waals surface area contributed by atoms with Crippen LogP contribution in [0.5, 0.6) is 0 Å². The van der Waals surface area contributed by atoms with E-state index in [9.17, 15) is 4.79 Å². The number of carbonyl (C=O) groups excluding carboxylic acids is 1. The van der Waals surface area contributed by atoms with Crippen LogP contribution in [0.15, 0.2) is 60.7 Å². The lowest BCUT2D eigenvalue weighted by Crippen LogP contribution is -2.34. The third-order valence-corrected chi connectivity index (χ3v) is 5.94. The molecule has 3 aromatic carbocycles. The van der Waals surface area contributed by atoms with Gasteiger partial charge in [0, 0.05) is 35.1 Å². The summed E-state index contributed by atoms with van der Waals surface area (Å²) in [5, 5.41) is 15.7. The summed E-state index contributed by atoms with van der Waals surface area (Å²) >= 11 is 11.3. The van der Waals surface area contributed by atoms with Gasteiger partial charge in [0.15, 0.2) is 5.11 Å². The molecule has 0 spiro atoms. The van der Waals surface area contributed by atoms with Crippen molar-refractivity contribution >= 4 is 57.2 Å². The van der Waals surface area contributed by atoms with Gasteiger partial charge in [0.2, 0.25) is 0 Å². The molecule has 0 unspecified atom stereocenters. The summed E-state index contributed by atoms with van der Waals surface area (Å²) in [6.45, 7) is 8.14. The molecule has 0 atom stereocenters. The van der Waals surface area contributed by atoms with E-state index in [-0.39, 0.29) is 11.0 Å². The maximum Gasteiger partial charge on any atom is 0.257 e. The second-order valence-electron chi connectivity index (χ2n) is 7.75. The molecule has 34 heavy (non-hydrogen) atoms. The molecule has 0 saturated carbocycles. The lowest BCUT2D eigenvalue weighted by molar-refractivity contribution is 0.0977. The Labute approximate surface area is 208 Å². The first-order valence-corrected chi connectivity index (χ1v) is 11.8. The Balaban J connectivity index is 1.51. The van der Waals surface area contributed by atoms with E-state index < -0.39 is 0 Å². The number of thiocarbonyl (C=S) groups is 1. The third kappa shape index (κ3) is 5.18. The van der Waals surface area contributed by atoms with Gasteiger partial charge in [-0.2, -0.15) is 4.80 Å². The molecule has 0 fully saturated rings. The molecule has 0 radical (unpaired) electrons. The number of halogens is 1. The van der Waals surface area contributed by atoms with Crippen LogP contribution in [-0.2, 0) is 0 Å². The number of anilines is 2. The number of hydrogen-bond donors (Lipinski definition) is 2. The molecular formula is C25H25ClN6OS. The van der Waals surface area contributed by atoms with Gasteiger partial charge >= 0.3 is 0 Å². The summed E-state index contributed by atoms with van der Waals surface area (Å²) in [4.78, 5) is 16.3. The van der Waals surface area contributed by atoms with E-state index in [0.29, 0.717) is 16.1 Å². The van der Waals surface area contributed by atoms with Gasteiger partial charge in [-0.15, -0.1) is 10.2 Å². The zero-order valence-corrected chi connectivity index (χ0v) is 20.7. The summed E-state index contributed by atoms with van der Waals surface area (Å²) < 4.78 is 0. The van der Waals surface area contributed by atoms with E-state index in [2.05, 4.69) is 51.7 Å². The summed E-state index contributed by atoms with van der Waals surface area (Å²) in [5.74, 6) is -0.335. The van der Waals surface area contributed by atoms with E-state index in [1.807, 2.05) is 31.2 Å². The highest BCUT2D eigenvalue weighted by Gasteiger charge is 2.12. The Hall–Kier alpha value is -3.49. The van der Waals surface area contributed by atoms with Gasteiger partial charge in [0.1, 0.15) is 11.0 Å². The van der Waals surface area contributed by atoms with E-state index in [4.69, 9.17) is 23.8 Å². The number of nitrogens with one attached hydrogen (secondary N) is 2. The fourth-order valence-corrected chi connectivity index (χ4v) is 4.06. The predicted octanol–water partition coefficient (Wildman–Crippen LogP) is 5.36. The SMILES string of the molecule is CCN(CC)c1ccc(-n2nc3cc(C)c(NC(=S)NC(=O)c4cccc(Cl)c4)cc3n2)cc1. The maximum absolute atomic E-state index is 12.4. The molecule has 4 aromatic rings. The van der Waals surface area contributed by atoms with Gasteiger partial charge in [0.05, 0.1) is 5.69 Å². The predicted molar refractivity (Wildman–Crippen MR) is 142 cm³/mol. The van der Waals surface area contributed by atoms with Crippen molar-refractivity contribution in [1.82, 2.24) is 20.3 Å². The highest BCUT2D eigenvalue weighted by Crippen LogP contribution is 2.23. The molecule has 0 bridgehead atoms. The molecule has 1 heterocycles. The van der Waals surface area contributed by atoms with Crippen molar-refractivity contribution in [3.8, 4) is 5.69 Å². The molecule has 9 heteroatoms. The minimum Gasteiger partial charge on any atom is -0.372 e. The molecule has 0 aliphatic heterocycles. The van der Waals surface area contributed by atoms with Gasteiger partial charge in [-0.05, 0) is 93.1 Å². The monoisotopic (exact) mass is 492 g/mol. The number of rotatable bonds is 6. The lowest BCUT2D eigenvalue weighted by Gasteiger charge is -2.20. The number of aryl methyl sites for hydroxylation is 1. The topological polar surface area (TPSA) is 75.1 Å². The third-order valence-electron chi connectivity index (χ3n) is 5.50. The van der Waals surface area contributed by atoms with Crippen LogP contribution in [0.25, 0.3) is 16.7 Å². The van der Waals surface area contributed by atoms with Crippen LogP contribution >= 0.6 is 23.8 Å². The average molecular weight is 493 g/mol. The maximum atomic E-state index is 12.4. The zero-order chi connectivity index (χ0) is 24.2. The molecular weight excluding hydrogens is 468 g/mol. The normalized spacial score (nSPS) is 10.8. The Morgan fingerprint density at radius 1 is 1.03 bits per heavy atom. The van der Waals surface area contributed by atoms with Crippen LogP contribution in [0.4, 0.5) is 11.4 Å². The molecule has 2 N–H and O–H groups in total. The van der Waals surface area contributed by atoms with Crippen LogP contribution in [0.3, 0.4) is 0 Å². The number of carbonyl (C=O) groups is 1. The van der Waals surface area contributed by atoms with Gasteiger partial charge in [0.25, 0.3) is 5.91 Å². The second-order valence-corrected chi connectivity index (χ2v) is 8.60. The Kier molecular flexibility index (Phi) is 7.09. The quantitative estimate of drug-likeness (QED) is 0.353. The molecule has 4 rings (SSSR count). The van der Waals surface area contributed by atoms with Crippen molar-refractivity contribution < 1.29 is 4.79 Å².